The molecule has 20 heavy (non-hydrogen) atoms. The molecule has 1 aromatic rings. The average Bonchev–Trinajstić information content (AvgIpc) is 2.39. The van der Waals surface area contributed by atoms with E-state index >= 15 is 0 Å². The highest BCUT2D eigenvalue weighted by atomic mass is 16.3. The van der Waals surface area contributed by atoms with Gasteiger partial charge in [0.1, 0.15) is 5.69 Å². The molecule has 0 aromatic heterocycles. The van der Waals surface area contributed by atoms with Crippen molar-refractivity contribution in [3.05, 3.63) is 18.2 Å². The van der Waals surface area contributed by atoms with Gasteiger partial charge in [-0.25, -0.2) is 4.59 Å². The topological polar surface area (TPSA) is 78.8 Å². The first-order valence-electron chi connectivity index (χ1n) is 7.03. The molecule has 0 bridgehead atoms. The van der Waals surface area contributed by atoms with Gasteiger partial charge in [0.2, 0.25) is 0 Å². The second-order valence-electron chi connectivity index (χ2n) is 5.80. The van der Waals surface area contributed by atoms with E-state index in [4.69, 9.17) is 16.7 Å². The predicted octanol–water partition coefficient (Wildman–Crippen LogP) is -0.176. The Bertz CT molecular complexity index is 449. The van der Waals surface area contributed by atoms with Crippen molar-refractivity contribution >= 4 is 17.1 Å². The van der Waals surface area contributed by atoms with E-state index < -0.39 is 0 Å². The maximum Gasteiger partial charge on any atom is 0.176 e. The van der Waals surface area contributed by atoms with Crippen LogP contribution in [0.25, 0.3) is 0 Å². The minimum Gasteiger partial charge on any atom is -0.395 e. The van der Waals surface area contributed by atoms with Crippen molar-refractivity contribution in [2.75, 3.05) is 64.1 Å². The van der Waals surface area contributed by atoms with Crippen molar-refractivity contribution < 1.29 is 5.11 Å². The van der Waals surface area contributed by atoms with E-state index in [1.807, 2.05) is 26.2 Å². The number of quaternary nitrogens is 1. The molecule has 0 spiro atoms. The van der Waals surface area contributed by atoms with Crippen LogP contribution in [0.4, 0.5) is 17.1 Å². The van der Waals surface area contributed by atoms with Crippen LogP contribution in [-0.2, 0) is 0 Å². The number of hydrogen-bond donors (Lipinski definition) is 3. The summed E-state index contributed by atoms with van der Waals surface area (Å²) in [7, 11) is 3.82. The number of β-amino-alcohol motifs (C(OH)–C–C–N with tert-alkyl or cyclic N) is 1. The van der Waals surface area contributed by atoms with Gasteiger partial charge in [0.15, 0.2) is 5.69 Å². The first-order chi connectivity index (χ1) is 9.43. The van der Waals surface area contributed by atoms with Gasteiger partial charge in [-0.3, -0.25) is 4.90 Å². The molecule has 1 heterocycles. The van der Waals surface area contributed by atoms with Crippen LogP contribution in [0.2, 0.25) is 0 Å². The minimum absolute atomic E-state index is 0.219. The highest BCUT2D eigenvalue weighted by Crippen LogP contribution is 2.33. The molecule has 1 aliphatic rings. The van der Waals surface area contributed by atoms with Crippen molar-refractivity contribution in [1.82, 2.24) is 9.49 Å². The smallest absolute Gasteiger partial charge is 0.176 e. The Kier molecular flexibility index (Phi) is 4.49. The van der Waals surface area contributed by atoms with Crippen molar-refractivity contribution in [2.45, 2.75) is 0 Å². The Morgan fingerprint density at radius 1 is 1.20 bits per heavy atom. The first-order valence-corrected chi connectivity index (χ1v) is 7.03. The molecular weight excluding hydrogens is 254 g/mol. The molecule has 6 heteroatoms. The molecule has 0 aliphatic carbocycles. The van der Waals surface area contributed by atoms with E-state index in [9.17, 15) is 0 Å². The summed E-state index contributed by atoms with van der Waals surface area (Å²) < 4.78 is 0.226. The number of aliphatic hydroxyl groups excluding tert-OH is 1. The van der Waals surface area contributed by atoms with Crippen LogP contribution in [0.1, 0.15) is 0 Å². The quantitative estimate of drug-likeness (QED) is 0.309. The summed E-state index contributed by atoms with van der Waals surface area (Å²) in [4.78, 5) is 4.56. The number of hydrogen-bond acceptors (Lipinski definition) is 5. The lowest BCUT2D eigenvalue weighted by molar-refractivity contribution is 0.189. The van der Waals surface area contributed by atoms with Crippen LogP contribution in [-0.4, -0.2) is 63.4 Å². The summed E-state index contributed by atoms with van der Waals surface area (Å²) in [5.41, 5.74) is 9.05. The third-order valence-electron chi connectivity index (χ3n) is 3.81. The van der Waals surface area contributed by atoms with Crippen molar-refractivity contribution in [3.63, 3.8) is 0 Å². The fraction of sp³-hybridized carbons (Fsp3) is 0.571. The number of aliphatic hydroxyl groups is 1. The summed E-state index contributed by atoms with van der Waals surface area (Å²) in [5.74, 6) is 6.12. The molecule has 1 aliphatic heterocycles. The maximum absolute atomic E-state index is 8.98. The summed E-state index contributed by atoms with van der Waals surface area (Å²) in [5, 5.41) is 8.98. The first kappa shape index (κ1) is 15.1. The molecule has 1 saturated heterocycles. The lowest BCUT2D eigenvalue weighted by atomic mass is 10.1. The van der Waals surface area contributed by atoms with Crippen molar-refractivity contribution in [2.24, 2.45) is 5.84 Å². The summed E-state index contributed by atoms with van der Waals surface area (Å²) in [6.07, 6.45) is 0. The number of rotatable bonds is 4. The molecule has 112 valence electrons. The van der Waals surface area contributed by atoms with Crippen molar-refractivity contribution in [3.8, 4) is 0 Å². The average molecular weight is 280 g/mol. The Morgan fingerprint density at radius 2 is 1.85 bits per heavy atom. The van der Waals surface area contributed by atoms with Gasteiger partial charge in [0, 0.05) is 38.8 Å². The van der Waals surface area contributed by atoms with Gasteiger partial charge in [0.25, 0.3) is 0 Å². The third kappa shape index (κ3) is 3.21. The second-order valence-corrected chi connectivity index (χ2v) is 5.80. The molecule has 1 aromatic carbocycles. The number of para-hydroxylation sites is 1. The zero-order chi connectivity index (χ0) is 14.8. The molecule has 6 nitrogen and oxygen atoms in total. The van der Waals surface area contributed by atoms with E-state index in [-0.39, 0.29) is 11.2 Å². The van der Waals surface area contributed by atoms with Crippen molar-refractivity contribution in [1.29, 1.82) is 0 Å². The molecule has 0 unspecified atom stereocenters. The molecule has 0 saturated carbocycles. The van der Waals surface area contributed by atoms with Gasteiger partial charge < -0.3 is 15.7 Å². The molecule has 2 rings (SSSR count). The number of nitrogens with two attached hydrogens (primary N) is 2. The number of nitrogens with zero attached hydrogens (tertiary/aromatic N) is 3. The molecule has 0 atom stereocenters. The van der Waals surface area contributed by atoms with Gasteiger partial charge in [-0.1, -0.05) is 6.07 Å². The summed E-state index contributed by atoms with van der Waals surface area (Å²) >= 11 is 0. The highest BCUT2D eigenvalue weighted by molar-refractivity contribution is 5.80. The van der Waals surface area contributed by atoms with Gasteiger partial charge in [-0.05, 0) is 6.07 Å². The molecule has 0 amide bonds. The van der Waals surface area contributed by atoms with Crippen LogP contribution in [0, 0.1) is 0 Å². The van der Waals surface area contributed by atoms with Crippen LogP contribution in [0.3, 0.4) is 0 Å². The fourth-order valence-corrected chi connectivity index (χ4v) is 2.67. The monoisotopic (exact) mass is 280 g/mol. The van der Waals surface area contributed by atoms with Gasteiger partial charge in [-0.15, -0.1) is 0 Å². The van der Waals surface area contributed by atoms with Gasteiger partial charge >= 0.3 is 0 Å². The molecule has 0 radical (unpaired) electrons. The largest absolute Gasteiger partial charge is 0.395 e. The van der Waals surface area contributed by atoms with E-state index in [1.165, 1.54) is 0 Å². The van der Waals surface area contributed by atoms with E-state index in [0.717, 1.165) is 49.8 Å². The Labute approximate surface area is 120 Å². The maximum atomic E-state index is 8.98. The summed E-state index contributed by atoms with van der Waals surface area (Å²) in [6, 6.07) is 6.03. The number of anilines is 2. The van der Waals surface area contributed by atoms with Gasteiger partial charge in [-0.2, -0.15) is 5.84 Å². The number of benzene rings is 1. The standard InChI is InChI=1S/C14H26N5O/c1-19(2,16)13-5-3-4-12(14(13)15)18-8-6-17(7-9-18)10-11-20/h3-5,20H,6-11,15-16H2,1-2H3/q+1. The Balaban J connectivity index is 2.15. The lowest BCUT2D eigenvalue weighted by Crippen LogP contribution is -2.49. The highest BCUT2D eigenvalue weighted by Gasteiger charge is 2.24. The van der Waals surface area contributed by atoms with Gasteiger partial charge in [0.05, 0.1) is 26.4 Å². The summed E-state index contributed by atoms with van der Waals surface area (Å²) in [6.45, 7) is 4.71. The zero-order valence-electron chi connectivity index (χ0n) is 12.4. The van der Waals surface area contributed by atoms with E-state index in [1.54, 1.807) is 0 Å². The lowest BCUT2D eigenvalue weighted by Gasteiger charge is -2.37. The predicted molar refractivity (Wildman–Crippen MR) is 84.4 cm³/mol. The normalized spacial score (nSPS) is 17.5. The number of piperazine rings is 1. The molecular formula is C14H26N5O+. The van der Waals surface area contributed by atoms with E-state index in [0.29, 0.717) is 0 Å². The van der Waals surface area contributed by atoms with Crippen LogP contribution >= 0.6 is 0 Å². The van der Waals surface area contributed by atoms with Crippen LogP contribution in [0.5, 0.6) is 0 Å². The molecule has 5 N–H and O–H groups in total. The number of nitrogen functional groups attached to an aromatic ring is 1. The second kappa shape index (κ2) is 5.97. The van der Waals surface area contributed by atoms with Crippen LogP contribution in [0.15, 0.2) is 18.2 Å². The zero-order valence-corrected chi connectivity index (χ0v) is 12.4. The minimum atomic E-state index is 0.219. The third-order valence-corrected chi connectivity index (χ3v) is 3.81. The Morgan fingerprint density at radius 3 is 2.40 bits per heavy atom. The van der Waals surface area contributed by atoms with Crippen LogP contribution < -0.4 is 21.1 Å². The SMILES string of the molecule is C[N+](C)(N)c1cccc(N2CCN(CCO)CC2)c1N. The molecule has 1 fully saturated rings. The fourth-order valence-electron chi connectivity index (χ4n) is 2.67. The Hall–Kier alpha value is -1.34. The van der Waals surface area contributed by atoms with E-state index in [2.05, 4.69) is 15.9 Å².